The molecule has 1 aliphatic rings. The Balaban J connectivity index is 2.15. The van der Waals surface area contributed by atoms with E-state index >= 15 is 0 Å². The van der Waals surface area contributed by atoms with Crippen LogP contribution in [0.1, 0.15) is 0 Å². The van der Waals surface area contributed by atoms with Crippen molar-refractivity contribution in [2.75, 3.05) is 25.0 Å². The third kappa shape index (κ3) is 1.90. The molecule has 2 aromatic rings. The number of nitrogens with zero attached hydrogens (tertiary/aromatic N) is 3. The molecule has 2 heterocycles. The molecule has 0 atom stereocenters. The third-order valence-electron chi connectivity index (χ3n) is 3.66. The molecule has 1 N–H and O–H groups in total. The maximum absolute atomic E-state index is 11.1. The van der Waals surface area contributed by atoms with Gasteiger partial charge in [-0.15, -0.1) is 0 Å². The van der Waals surface area contributed by atoms with E-state index in [1.807, 2.05) is 19.2 Å². The Hall–Kier alpha value is -2.21. The maximum Gasteiger partial charge on any atom is 0.278 e. The van der Waals surface area contributed by atoms with Gasteiger partial charge >= 0.3 is 0 Å². The quantitative estimate of drug-likeness (QED) is 0.668. The molecule has 0 saturated carbocycles. The number of non-ortho nitro benzene ring substituents is 1. The first-order valence-electron chi connectivity index (χ1n) is 6.13. The highest BCUT2D eigenvalue weighted by Gasteiger charge is 2.24. The van der Waals surface area contributed by atoms with Crippen molar-refractivity contribution in [3.63, 3.8) is 0 Å². The van der Waals surface area contributed by atoms with Crippen LogP contribution in [0.25, 0.3) is 10.8 Å². The van der Waals surface area contributed by atoms with Gasteiger partial charge in [0.25, 0.3) is 5.69 Å². The van der Waals surface area contributed by atoms with Gasteiger partial charge in [0, 0.05) is 49.7 Å². The van der Waals surface area contributed by atoms with E-state index in [2.05, 4.69) is 15.2 Å². The van der Waals surface area contributed by atoms with Crippen molar-refractivity contribution in [3.8, 4) is 0 Å². The lowest BCUT2D eigenvalue weighted by Gasteiger charge is -2.37. The highest BCUT2D eigenvalue weighted by molar-refractivity contribution is 5.99. The van der Waals surface area contributed by atoms with Crippen LogP contribution in [0.5, 0.6) is 0 Å². The zero-order valence-electron chi connectivity index (χ0n) is 10.5. The van der Waals surface area contributed by atoms with Crippen LogP contribution in [0.2, 0.25) is 0 Å². The van der Waals surface area contributed by atoms with Crippen molar-refractivity contribution in [2.24, 2.45) is 0 Å². The summed E-state index contributed by atoms with van der Waals surface area (Å²) in [5, 5.41) is 15.7. The van der Waals surface area contributed by atoms with E-state index in [0.29, 0.717) is 11.4 Å². The number of pyridine rings is 1. The van der Waals surface area contributed by atoms with Gasteiger partial charge in [-0.2, -0.15) is 0 Å². The van der Waals surface area contributed by atoms with Gasteiger partial charge in [0.05, 0.1) is 16.4 Å². The number of rotatable bonds is 3. The molecule has 6 nitrogen and oxygen atoms in total. The molecule has 0 bridgehead atoms. The van der Waals surface area contributed by atoms with Crippen molar-refractivity contribution < 1.29 is 4.92 Å². The third-order valence-corrected chi connectivity index (χ3v) is 3.66. The summed E-state index contributed by atoms with van der Waals surface area (Å²) < 4.78 is 0. The van der Waals surface area contributed by atoms with Gasteiger partial charge in [0.1, 0.15) is 0 Å². The van der Waals surface area contributed by atoms with E-state index in [9.17, 15) is 10.1 Å². The molecule has 0 radical (unpaired) electrons. The Kier molecular flexibility index (Phi) is 2.79. The van der Waals surface area contributed by atoms with Crippen molar-refractivity contribution >= 4 is 22.1 Å². The van der Waals surface area contributed by atoms with Crippen molar-refractivity contribution in [1.29, 1.82) is 0 Å². The Morgan fingerprint density at radius 3 is 2.79 bits per heavy atom. The molecule has 1 aromatic carbocycles. The van der Waals surface area contributed by atoms with Crippen LogP contribution >= 0.6 is 0 Å². The van der Waals surface area contributed by atoms with E-state index in [-0.39, 0.29) is 10.6 Å². The summed E-state index contributed by atoms with van der Waals surface area (Å²) in [4.78, 5) is 16.9. The molecule has 1 fully saturated rings. The topological polar surface area (TPSA) is 71.3 Å². The molecule has 1 saturated heterocycles. The number of likely N-dealkylation sites (N-methyl/N-ethyl adjacent to an activating group) is 1. The Labute approximate surface area is 110 Å². The average molecular weight is 258 g/mol. The summed E-state index contributed by atoms with van der Waals surface area (Å²) in [5.41, 5.74) is 1.11. The van der Waals surface area contributed by atoms with Crippen LogP contribution in [0, 0.1) is 10.1 Å². The molecule has 1 aromatic heterocycles. The van der Waals surface area contributed by atoms with E-state index in [4.69, 9.17) is 0 Å². The summed E-state index contributed by atoms with van der Waals surface area (Å²) in [7, 11) is 2.02. The normalized spacial score (nSPS) is 15.2. The average Bonchev–Trinajstić information content (AvgIpc) is 2.35. The summed E-state index contributed by atoms with van der Waals surface area (Å²) >= 11 is 0. The molecule has 19 heavy (non-hydrogen) atoms. The van der Waals surface area contributed by atoms with E-state index in [0.717, 1.165) is 24.2 Å². The second-order valence-corrected chi connectivity index (χ2v) is 4.71. The summed E-state index contributed by atoms with van der Waals surface area (Å²) in [6.07, 6.45) is 3.23. The monoisotopic (exact) mass is 258 g/mol. The number of anilines is 1. The lowest BCUT2D eigenvalue weighted by molar-refractivity contribution is -0.383. The molecule has 1 aliphatic heterocycles. The maximum atomic E-state index is 11.1. The zero-order valence-corrected chi connectivity index (χ0v) is 10.5. The SMILES string of the molecule is CN(c1ccc([N+](=O)[O-])c2cnccc12)C1CNC1. The number of nitro groups is 1. The first-order valence-corrected chi connectivity index (χ1v) is 6.13. The molecule has 6 heteroatoms. The molecule has 98 valence electrons. The second kappa shape index (κ2) is 4.47. The molecular weight excluding hydrogens is 244 g/mol. The smallest absolute Gasteiger partial charge is 0.278 e. The fraction of sp³-hybridized carbons (Fsp3) is 0.308. The van der Waals surface area contributed by atoms with Gasteiger partial charge in [-0.25, -0.2) is 0 Å². The van der Waals surface area contributed by atoms with Gasteiger partial charge in [-0.05, 0) is 12.1 Å². The van der Waals surface area contributed by atoms with Crippen LogP contribution in [0.4, 0.5) is 11.4 Å². The minimum absolute atomic E-state index is 0.104. The van der Waals surface area contributed by atoms with E-state index in [1.165, 1.54) is 0 Å². The number of hydrogen-bond acceptors (Lipinski definition) is 5. The number of fused-ring (bicyclic) bond motifs is 1. The van der Waals surface area contributed by atoms with Crippen molar-refractivity contribution in [1.82, 2.24) is 10.3 Å². The van der Waals surface area contributed by atoms with E-state index in [1.54, 1.807) is 18.5 Å². The lowest BCUT2D eigenvalue weighted by Crippen LogP contribution is -2.56. The largest absolute Gasteiger partial charge is 0.369 e. The minimum Gasteiger partial charge on any atom is -0.369 e. The first-order chi connectivity index (χ1) is 9.18. The molecule has 0 spiro atoms. The molecule has 0 amide bonds. The van der Waals surface area contributed by atoms with Gasteiger partial charge in [-0.1, -0.05) is 0 Å². The van der Waals surface area contributed by atoms with Crippen LogP contribution in [-0.2, 0) is 0 Å². The van der Waals surface area contributed by atoms with Crippen LogP contribution < -0.4 is 10.2 Å². The van der Waals surface area contributed by atoms with Gasteiger partial charge in [-0.3, -0.25) is 15.1 Å². The van der Waals surface area contributed by atoms with Crippen molar-refractivity contribution in [2.45, 2.75) is 6.04 Å². The predicted molar refractivity (Wildman–Crippen MR) is 73.5 cm³/mol. The molecular formula is C13H14N4O2. The number of benzene rings is 1. The van der Waals surface area contributed by atoms with Crippen LogP contribution in [0.15, 0.2) is 30.6 Å². The molecule has 0 unspecified atom stereocenters. The summed E-state index contributed by atoms with van der Waals surface area (Å²) in [5.74, 6) is 0. The van der Waals surface area contributed by atoms with Gasteiger partial charge < -0.3 is 10.2 Å². The van der Waals surface area contributed by atoms with Crippen LogP contribution in [-0.4, -0.2) is 36.1 Å². The van der Waals surface area contributed by atoms with Gasteiger partial charge in [0.15, 0.2) is 0 Å². The minimum atomic E-state index is -0.362. The number of nitrogens with one attached hydrogen (secondary N) is 1. The number of aromatic nitrogens is 1. The van der Waals surface area contributed by atoms with Gasteiger partial charge in [0.2, 0.25) is 0 Å². The van der Waals surface area contributed by atoms with Crippen molar-refractivity contribution in [3.05, 3.63) is 40.7 Å². The number of hydrogen-bond donors (Lipinski definition) is 1. The lowest BCUT2D eigenvalue weighted by atomic mass is 10.1. The summed E-state index contributed by atoms with van der Waals surface area (Å²) in [6.45, 7) is 1.89. The summed E-state index contributed by atoms with van der Waals surface area (Å²) in [6, 6.07) is 5.65. The predicted octanol–water partition coefficient (Wildman–Crippen LogP) is 1.55. The highest BCUT2D eigenvalue weighted by Crippen LogP contribution is 2.33. The Morgan fingerprint density at radius 2 is 2.16 bits per heavy atom. The fourth-order valence-corrected chi connectivity index (χ4v) is 2.37. The first kappa shape index (κ1) is 11.9. The zero-order chi connectivity index (χ0) is 13.4. The standard InChI is InChI=1S/C13H14N4O2/c1-16(9-6-15-7-9)12-2-3-13(17(18)19)11-8-14-5-4-10(11)12/h2-5,8-9,15H,6-7H2,1H3. The Morgan fingerprint density at radius 1 is 1.37 bits per heavy atom. The highest BCUT2D eigenvalue weighted by atomic mass is 16.6. The fourth-order valence-electron chi connectivity index (χ4n) is 2.37. The molecule has 0 aliphatic carbocycles. The Bertz CT molecular complexity index is 640. The number of nitro benzene ring substituents is 1. The molecule has 3 rings (SSSR count). The second-order valence-electron chi connectivity index (χ2n) is 4.71. The van der Waals surface area contributed by atoms with Crippen LogP contribution in [0.3, 0.4) is 0 Å². The van der Waals surface area contributed by atoms with E-state index < -0.39 is 0 Å².